The second kappa shape index (κ2) is 5.32. The van der Waals surface area contributed by atoms with E-state index in [0.717, 1.165) is 6.42 Å². The van der Waals surface area contributed by atoms with E-state index in [0.29, 0.717) is 25.7 Å². The lowest BCUT2D eigenvalue weighted by atomic mass is 9.89. The Labute approximate surface area is 85.2 Å². The summed E-state index contributed by atoms with van der Waals surface area (Å²) in [6.07, 6.45) is 0.825. The zero-order valence-corrected chi connectivity index (χ0v) is 8.95. The first-order chi connectivity index (χ1) is 6.61. The van der Waals surface area contributed by atoms with Crippen molar-refractivity contribution >= 4 is 5.91 Å². The monoisotopic (exact) mass is 200 g/mol. The summed E-state index contributed by atoms with van der Waals surface area (Å²) >= 11 is 0. The minimum atomic E-state index is 0.0223. The van der Waals surface area contributed by atoms with Crippen LogP contribution < -0.4 is 11.1 Å². The van der Waals surface area contributed by atoms with Crippen molar-refractivity contribution in [3.05, 3.63) is 0 Å². The van der Waals surface area contributed by atoms with E-state index >= 15 is 0 Å². The Morgan fingerprint density at radius 1 is 1.71 bits per heavy atom. The second-order valence-corrected chi connectivity index (χ2v) is 4.17. The number of nitrogens with one attached hydrogen (secondary N) is 1. The van der Waals surface area contributed by atoms with Gasteiger partial charge in [0.25, 0.3) is 0 Å². The maximum absolute atomic E-state index is 11.7. The molecule has 0 bridgehead atoms. The van der Waals surface area contributed by atoms with Crippen molar-refractivity contribution in [1.29, 1.82) is 0 Å². The fraction of sp³-hybridized carbons (Fsp3) is 0.900. The topological polar surface area (TPSA) is 64.3 Å². The highest BCUT2D eigenvalue weighted by Gasteiger charge is 2.27. The van der Waals surface area contributed by atoms with E-state index in [1.54, 1.807) is 0 Å². The molecule has 3 atom stereocenters. The third-order valence-electron chi connectivity index (χ3n) is 2.58. The molecule has 1 saturated heterocycles. The van der Waals surface area contributed by atoms with E-state index in [1.807, 2.05) is 6.92 Å². The van der Waals surface area contributed by atoms with Crippen LogP contribution in [0.1, 0.15) is 20.3 Å². The van der Waals surface area contributed by atoms with Crippen molar-refractivity contribution in [2.75, 3.05) is 19.8 Å². The number of carbonyl (C=O) groups is 1. The van der Waals surface area contributed by atoms with Gasteiger partial charge in [-0.2, -0.15) is 0 Å². The Morgan fingerprint density at radius 3 is 3.00 bits per heavy atom. The van der Waals surface area contributed by atoms with Gasteiger partial charge in [0.15, 0.2) is 0 Å². The lowest BCUT2D eigenvalue weighted by molar-refractivity contribution is -0.130. The summed E-state index contributed by atoms with van der Waals surface area (Å²) in [7, 11) is 0. The lowest BCUT2D eigenvalue weighted by Gasteiger charge is -2.27. The van der Waals surface area contributed by atoms with Crippen molar-refractivity contribution in [1.82, 2.24) is 5.32 Å². The van der Waals surface area contributed by atoms with Crippen molar-refractivity contribution in [3.63, 3.8) is 0 Å². The third-order valence-corrected chi connectivity index (χ3v) is 2.58. The van der Waals surface area contributed by atoms with Crippen molar-refractivity contribution in [2.45, 2.75) is 26.3 Å². The van der Waals surface area contributed by atoms with E-state index in [2.05, 4.69) is 12.2 Å². The van der Waals surface area contributed by atoms with Crippen LogP contribution in [0.4, 0.5) is 0 Å². The molecule has 1 aliphatic heterocycles. The third kappa shape index (κ3) is 3.27. The molecule has 0 saturated carbocycles. The molecule has 1 fully saturated rings. The van der Waals surface area contributed by atoms with Gasteiger partial charge in [0.1, 0.15) is 0 Å². The van der Waals surface area contributed by atoms with Gasteiger partial charge >= 0.3 is 0 Å². The van der Waals surface area contributed by atoms with Crippen LogP contribution >= 0.6 is 0 Å². The van der Waals surface area contributed by atoms with Crippen LogP contribution in [0.25, 0.3) is 0 Å². The van der Waals surface area contributed by atoms with Crippen LogP contribution in [-0.2, 0) is 9.53 Å². The molecule has 1 amide bonds. The molecule has 0 aliphatic carbocycles. The molecule has 0 aromatic carbocycles. The zero-order valence-electron chi connectivity index (χ0n) is 8.95. The molecular weight excluding hydrogens is 180 g/mol. The fourth-order valence-electron chi connectivity index (χ4n) is 1.66. The molecule has 14 heavy (non-hydrogen) atoms. The number of amides is 1. The van der Waals surface area contributed by atoms with Crippen LogP contribution in [0.15, 0.2) is 0 Å². The number of rotatable bonds is 3. The highest BCUT2D eigenvalue weighted by atomic mass is 16.5. The Morgan fingerprint density at radius 2 is 2.43 bits per heavy atom. The Kier molecular flexibility index (Phi) is 4.35. The molecule has 1 rings (SSSR count). The number of carbonyl (C=O) groups excluding carboxylic acids is 1. The Balaban J connectivity index is 2.34. The van der Waals surface area contributed by atoms with Gasteiger partial charge in [-0.1, -0.05) is 6.92 Å². The predicted octanol–water partition coefficient (Wildman–Crippen LogP) is 0.122. The first-order valence-corrected chi connectivity index (χ1v) is 5.22. The molecule has 0 spiro atoms. The van der Waals surface area contributed by atoms with Gasteiger partial charge in [-0.3, -0.25) is 4.79 Å². The fourth-order valence-corrected chi connectivity index (χ4v) is 1.66. The van der Waals surface area contributed by atoms with Crippen molar-refractivity contribution < 1.29 is 9.53 Å². The van der Waals surface area contributed by atoms with Crippen LogP contribution in [0.3, 0.4) is 0 Å². The minimum absolute atomic E-state index is 0.0223. The van der Waals surface area contributed by atoms with Gasteiger partial charge in [0.2, 0.25) is 5.91 Å². The van der Waals surface area contributed by atoms with E-state index in [4.69, 9.17) is 10.5 Å². The molecule has 0 aromatic rings. The SMILES string of the molecule is CC(N)CNC(=O)C1CCOCC1C. The largest absolute Gasteiger partial charge is 0.381 e. The highest BCUT2D eigenvalue weighted by Crippen LogP contribution is 2.21. The van der Waals surface area contributed by atoms with E-state index in [9.17, 15) is 4.79 Å². The summed E-state index contributed by atoms with van der Waals surface area (Å²) in [5.74, 6) is 0.539. The van der Waals surface area contributed by atoms with Gasteiger partial charge in [0.05, 0.1) is 0 Å². The molecule has 4 nitrogen and oxygen atoms in total. The summed E-state index contributed by atoms with van der Waals surface area (Å²) in [6.45, 7) is 5.88. The van der Waals surface area contributed by atoms with Gasteiger partial charge in [0, 0.05) is 31.7 Å². The molecule has 1 aliphatic rings. The molecule has 0 radical (unpaired) electrons. The predicted molar refractivity (Wildman–Crippen MR) is 54.7 cm³/mol. The van der Waals surface area contributed by atoms with E-state index < -0.39 is 0 Å². The quantitative estimate of drug-likeness (QED) is 0.680. The number of hydrogen-bond donors (Lipinski definition) is 2. The summed E-state index contributed by atoms with van der Waals surface area (Å²) < 4.78 is 5.28. The van der Waals surface area contributed by atoms with Gasteiger partial charge < -0.3 is 15.8 Å². The van der Waals surface area contributed by atoms with Crippen molar-refractivity contribution in [2.24, 2.45) is 17.6 Å². The van der Waals surface area contributed by atoms with Gasteiger partial charge in [-0.05, 0) is 19.3 Å². The molecule has 3 unspecified atom stereocenters. The average Bonchev–Trinajstić information content (AvgIpc) is 2.15. The molecule has 82 valence electrons. The first kappa shape index (κ1) is 11.5. The van der Waals surface area contributed by atoms with E-state index in [1.165, 1.54) is 0 Å². The van der Waals surface area contributed by atoms with Gasteiger partial charge in [-0.25, -0.2) is 0 Å². The first-order valence-electron chi connectivity index (χ1n) is 5.22. The smallest absolute Gasteiger partial charge is 0.223 e. The number of hydrogen-bond acceptors (Lipinski definition) is 3. The Bertz CT molecular complexity index is 195. The van der Waals surface area contributed by atoms with Crippen LogP contribution in [0.2, 0.25) is 0 Å². The lowest BCUT2D eigenvalue weighted by Crippen LogP contribution is -2.42. The number of nitrogens with two attached hydrogens (primary N) is 1. The summed E-state index contributed by atoms with van der Waals surface area (Å²) in [4.78, 5) is 11.7. The molecule has 4 heteroatoms. The summed E-state index contributed by atoms with van der Waals surface area (Å²) in [5.41, 5.74) is 5.57. The molecule has 0 aromatic heterocycles. The zero-order chi connectivity index (χ0) is 10.6. The highest BCUT2D eigenvalue weighted by molar-refractivity contribution is 5.79. The van der Waals surface area contributed by atoms with E-state index in [-0.39, 0.29) is 17.9 Å². The standard InChI is InChI=1S/C10H20N2O2/c1-7-6-14-4-3-9(7)10(13)12-5-8(2)11/h7-9H,3-6,11H2,1-2H3,(H,12,13). The summed E-state index contributed by atoms with van der Waals surface area (Å²) in [5, 5.41) is 2.86. The average molecular weight is 200 g/mol. The van der Waals surface area contributed by atoms with Crippen LogP contribution in [0.5, 0.6) is 0 Å². The van der Waals surface area contributed by atoms with Gasteiger partial charge in [-0.15, -0.1) is 0 Å². The minimum Gasteiger partial charge on any atom is -0.381 e. The Hall–Kier alpha value is -0.610. The summed E-state index contributed by atoms with van der Waals surface area (Å²) in [6, 6.07) is 0.0223. The molecular formula is C10H20N2O2. The maximum atomic E-state index is 11.7. The molecule has 1 heterocycles. The number of ether oxygens (including phenoxy) is 1. The second-order valence-electron chi connectivity index (χ2n) is 4.17. The van der Waals surface area contributed by atoms with Crippen LogP contribution in [0, 0.1) is 11.8 Å². The maximum Gasteiger partial charge on any atom is 0.223 e. The molecule has 3 N–H and O–H groups in total. The normalized spacial score (nSPS) is 29.6. The van der Waals surface area contributed by atoms with Crippen LogP contribution in [-0.4, -0.2) is 31.7 Å². The van der Waals surface area contributed by atoms with Crippen molar-refractivity contribution in [3.8, 4) is 0 Å².